The minimum Gasteiger partial charge on any atom is -0.394 e. The van der Waals surface area contributed by atoms with Crippen molar-refractivity contribution in [2.75, 3.05) is 23.8 Å². The van der Waals surface area contributed by atoms with Gasteiger partial charge in [-0.1, -0.05) is 19.9 Å². The van der Waals surface area contributed by atoms with Crippen LogP contribution >= 0.6 is 0 Å². The normalized spacial score (nSPS) is 12.3. The molecule has 0 bridgehead atoms. The molecule has 5 nitrogen and oxygen atoms in total. The molecule has 4 N–H and O–H groups in total. The Bertz CT molecular complexity index is 447. The maximum absolute atomic E-state index is 11.8. The van der Waals surface area contributed by atoms with Crippen molar-refractivity contribution in [2.24, 2.45) is 5.92 Å². The molecule has 1 rings (SSSR count). The van der Waals surface area contributed by atoms with Crippen LogP contribution in [-0.2, 0) is 4.79 Å². The Morgan fingerprint density at radius 2 is 1.95 bits per heavy atom. The van der Waals surface area contributed by atoms with Gasteiger partial charge in [0.2, 0.25) is 5.91 Å². The largest absolute Gasteiger partial charge is 0.394 e. The fourth-order valence-electron chi connectivity index (χ4n) is 1.83. The smallest absolute Gasteiger partial charge is 0.224 e. The minimum atomic E-state index is -0.798. The summed E-state index contributed by atoms with van der Waals surface area (Å²) in [7, 11) is 0. The van der Waals surface area contributed by atoms with Gasteiger partial charge in [-0.3, -0.25) is 4.79 Å². The molecule has 1 aromatic carbocycles. The van der Waals surface area contributed by atoms with Crippen LogP contribution in [0.2, 0.25) is 0 Å². The van der Waals surface area contributed by atoms with Gasteiger partial charge in [0.05, 0.1) is 12.7 Å². The van der Waals surface area contributed by atoms with Crippen LogP contribution in [0.4, 0.5) is 11.4 Å². The summed E-state index contributed by atoms with van der Waals surface area (Å²) in [6, 6.07) is 5.56. The van der Waals surface area contributed by atoms with Gasteiger partial charge in [-0.15, -0.1) is 0 Å². The van der Waals surface area contributed by atoms with E-state index >= 15 is 0 Å². The highest BCUT2D eigenvalue weighted by molar-refractivity contribution is 5.92. The highest BCUT2D eigenvalue weighted by atomic mass is 16.3. The summed E-state index contributed by atoms with van der Waals surface area (Å²) >= 11 is 0. The second kappa shape index (κ2) is 7.87. The second-order valence-electron chi connectivity index (χ2n) is 5.34. The van der Waals surface area contributed by atoms with Gasteiger partial charge in [0, 0.05) is 24.3 Å². The third-order valence-electron chi connectivity index (χ3n) is 2.94. The molecular weight excluding hydrogens is 256 g/mol. The van der Waals surface area contributed by atoms with Crippen molar-refractivity contribution in [3.63, 3.8) is 0 Å². The van der Waals surface area contributed by atoms with Crippen LogP contribution in [0.25, 0.3) is 0 Å². The molecular formula is C15H24N2O3. The molecule has 5 heteroatoms. The first-order chi connectivity index (χ1) is 9.43. The molecule has 1 atom stereocenters. The summed E-state index contributed by atoms with van der Waals surface area (Å²) in [5, 5.41) is 24.1. The molecule has 0 radical (unpaired) electrons. The van der Waals surface area contributed by atoms with Crippen LogP contribution in [0, 0.1) is 12.8 Å². The first kappa shape index (κ1) is 16.5. The Hall–Kier alpha value is -1.59. The summed E-state index contributed by atoms with van der Waals surface area (Å²) in [5.74, 6) is 0.312. The van der Waals surface area contributed by atoms with Crippen molar-refractivity contribution in [2.45, 2.75) is 33.3 Å². The molecule has 0 spiro atoms. The van der Waals surface area contributed by atoms with Crippen LogP contribution in [0.1, 0.15) is 25.8 Å². The zero-order chi connectivity index (χ0) is 15.1. The van der Waals surface area contributed by atoms with Gasteiger partial charge in [-0.05, 0) is 30.5 Å². The third-order valence-corrected chi connectivity index (χ3v) is 2.94. The average molecular weight is 280 g/mol. The van der Waals surface area contributed by atoms with Crippen molar-refractivity contribution in [1.29, 1.82) is 0 Å². The van der Waals surface area contributed by atoms with E-state index in [1.165, 1.54) is 0 Å². The summed E-state index contributed by atoms with van der Waals surface area (Å²) in [5.41, 5.74) is 2.51. The molecule has 0 aromatic heterocycles. The molecule has 0 fully saturated rings. The van der Waals surface area contributed by atoms with E-state index in [1.54, 1.807) is 0 Å². The summed E-state index contributed by atoms with van der Waals surface area (Å²) < 4.78 is 0. The average Bonchev–Trinajstić information content (AvgIpc) is 2.38. The van der Waals surface area contributed by atoms with E-state index < -0.39 is 6.10 Å². The molecule has 112 valence electrons. The first-order valence-corrected chi connectivity index (χ1v) is 6.86. The fourth-order valence-corrected chi connectivity index (χ4v) is 1.83. The van der Waals surface area contributed by atoms with E-state index in [0.717, 1.165) is 16.9 Å². The molecule has 0 saturated carbocycles. The Kier molecular flexibility index (Phi) is 6.48. The van der Waals surface area contributed by atoms with Crippen LogP contribution < -0.4 is 10.6 Å². The van der Waals surface area contributed by atoms with Gasteiger partial charge in [-0.25, -0.2) is 0 Å². The van der Waals surface area contributed by atoms with E-state index in [0.29, 0.717) is 12.3 Å². The monoisotopic (exact) mass is 280 g/mol. The van der Waals surface area contributed by atoms with Crippen molar-refractivity contribution in [1.82, 2.24) is 0 Å². The lowest BCUT2D eigenvalue weighted by Crippen LogP contribution is -2.23. The number of rotatable bonds is 7. The number of aliphatic hydroxyl groups is 2. The molecule has 0 aliphatic rings. The number of anilines is 2. The fraction of sp³-hybridized carbons (Fsp3) is 0.533. The third kappa shape index (κ3) is 5.19. The predicted octanol–water partition coefficient (Wildman–Crippen LogP) is 1.74. The molecule has 0 aliphatic carbocycles. The molecule has 0 saturated heterocycles. The number of amides is 1. The zero-order valence-electron chi connectivity index (χ0n) is 12.3. The quantitative estimate of drug-likeness (QED) is 0.613. The van der Waals surface area contributed by atoms with Gasteiger partial charge in [0.15, 0.2) is 0 Å². The predicted molar refractivity (Wildman–Crippen MR) is 80.8 cm³/mol. The molecule has 1 unspecified atom stereocenters. The van der Waals surface area contributed by atoms with Crippen molar-refractivity contribution >= 4 is 17.3 Å². The van der Waals surface area contributed by atoms with Crippen LogP contribution in [0.5, 0.6) is 0 Å². The van der Waals surface area contributed by atoms with Gasteiger partial charge >= 0.3 is 0 Å². The van der Waals surface area contributed by atoms with Crippen molar-refractivity contribution in [3.8, 4) is 0 Å². The molecule has 1 amide bonds. The Balaban J connectivity index is 2.71. The molecule has 20 heavy (non-hydrogen) atoms. The number of aliphatic hydroxyl groups excluding tert-OH is 2. The van der Waals surface area contributed by atoms with E-state index in [1.807, 2.05) is 39.0 Å². The summed E-state index contributed by atoms with van der Waals surface area (Å²) in [6.45, 7) is 5.89. The number of carbonyl (C=O) groups excluding carboxylic acids is 1. The number of benzene rings is 1. The highest BCUT2D eigenvalue weighted by Gasteiger charge is 2.10. The lowest BCUT2D eigenvalue weighted by atomic mass is 10.1. The molecule has 0 heterocycles. The number of nitrogens with one attached hydrogen (secondary N) is 2. The van der Waals surface area contributed by atoms with Crippen LogP contribution in [0.15, 0.2) is 18.2 Å². The lowest BCUT2D eigenvalue weighted by molar-refractivity contribution is -0.116. The van der Waals surface area contributed by atoms with Gasteiger partial charge in [-0.2, -0.15) is 0 Å². The van der Waals surface area contributed by atoms with Gasteiger partial charge in [0.25, 0.3) is 0 Å². The van der Waals surface area contributed by atoms with Crippen molar-refractivity contribution < 1.29 is 15.0 Å². The van der Waals surface area contributed by atoms with E-state index in [2.05, 4.69) is 10.6 Å². The van der Waals surface area contributed by atoms with E-state index in [4.69, 9.17) is 5.11 Å². The Morgan fingerprint density at radius 1 is 1.30 bits per heavy atom. The lowest BCUT2D eigenvalue weighted by Gasteiger charge is -2.16. The second-order valence-corrected chi connectivity index (χ2v) is 5.34. The zero-order valence-corrected chi connectivity index (χ0v) is 12.3. The molecule has 0 aliphatic heterocycles. The summed E-state index contributed by atoms with van der Waals surface area (Å²) in [4.78, 5) is 11.8. The van der Waals surface area contributed by atoms with Crippen LogP contribution in [-0.4, -0.2) is 35.4 Å². The topological polar surface area (TPSA) is 81.6 Å². The van der Waals surface area contributed by atoms with Gasteiger partial charge in [0.1, 0.15) is 0 Å². The number of hydrogen-bond acceptors (Lipinski definition) is 4. The van der Waals surface area contributed by atoms with E-state index in [9.17, 15) is 9.90 Å². The van der Waals surface area contributed by atoms with E-state index in [-0.39, 0.29) is 19.1 Å². The first-order valence-electron chi connectivity index (χ1n) is 6.86. The number of hydrogen-bond donors (Lipinski definition) is 4. The highest BCUT2D eigenvalue weighted by Crippen LogP contribution is 2.23. The summed E-state index contributed by atoms with van der Waals surface area (Å²) in [6.07, 6.45) is -0.311. The maximum atomic E-state index is 11.8. The van der Waals surface area contributed by atoms with Crippen LogP contribution in [0.3, 0.4) is 0 Å². The maximum Gasteiger partial charge on any atom is 0.224 e. The van der Waals surface area contributed by atoms with Gasteiger partial charge < -0.3 is 20.8 Å². The SMILES string of the molecule is Cc1c(NCC(O)CO)cccc1NC(=O)CC(C)C. The molecule has 1 aromatic rings. The standard InChI is InChI=1S/C15H24N2O3/c1-10(2)7-15(20)17-14-6-4-5-13(11(14)3)16-8-12(19)9-18/h4-6,10,12,16,18-19H,7-9H2,1-3H3,(H,17,20). The Labute approximate surface area is 120 Å². The Morgan fingerprint density at radius 3 is 2.55 bits per heavy atom. The minimum absolute atomic E-state index is 0.00403. The number of carbonyl (C=O) groups is 1. The van der Waals surface area contributed by atoms with Crippen molar-refractivity contribution in [3.05, 3.63) is 23.8 Å².